The monoisotopic (exact) mass is 332 g/mol. The van der Waals surface area contributed by atoms with Crippen LogP contribution < -0.4 is 5.56 Å². The van der Waals surface area contributed by atoms with Crippen molar-refractivity contribution < 1.29 is 13.9 Å². The highest BCUT2D eigenvalue weighted by Gasteiger charge is 2.11. The van der Waals surface area contributed by atoms with E-state index in [0.29, 0.717) is 11.0 Å². The van der Waals surface area contributed by atoms with Crippen molar-refractivity contribution in [2.75, 3.05) is 0 Å². The minimum Gasteiger partial charge on any atom is -0.503 e. The number of aromatic amines is 1. The molecule has 3 rings (SSSR count). The van der Waals surface area contributed by atoms with Crippen LogP contribution in [0.25, 0.3) is 23.2 Å². The number of fused-ring (bicyclic) bond motifs is 1. The summed E-state index contributed by atoms with van der Waals surface area (Å²) in [5, 5.41) is 13.6. The van der Waals surface area contributed by atoms with E-state index in [1.807, 2.05) is 13.8 Å². The number of hydrogen-bond donors (Lipinski definition) is 2. The molecule has 2 N–H and O–H groups in total. The lowest BCUT2D eigenvalue weighted by atomic mass is 10.2. The Morgan fingerprint density at radius 3 is 2.54 bits per heavy atom. The second-order valence-corrected chi connectivity index (χ2v) is 5.54. The van der Waals surface area contributed by atoms with Gasteiger partial charge >= 0.3 is 0 Å². The highest BCUT2D eigenvalue weighted by atomic mass is 19.1. The molecule has 0 amide bonds. The van der Waals surface area contributed by atoms with Crippen LogP contribution in [0, 0.1) is 11.6 Å². The summed E-state index contributed by atoms with van der Waals surface area (Å²) in [6, 6.07) is 1.97. The predicted octanol–water partition coefficient (Wildman–Crippen LogP) is 2.85. The van der Waals surface area contributed by atoms with Gasteiger partial charge in [-0.2, -0.15) is 5.10 Å². The summed E-state index contributed by atoms with van der Waals surface area (Å²) in [4.78, 5) is 18.9. The highest BCUT2D eigenvalue weighted by Crippen LogP contribution is 2.22. The summed E-state index contributed by atoms with van der Waals surface area (Å²) in [7, 11) is 0. The first-order valence-corrected chi connectivity index (χ1v) is 7.20. The van der Waals surface area contributed by atoms with Crippen molar-refractivity contribution in [2.45, 2.75) is 19.9 Å². The molecule has 3 aromatic rings. The Morgan fingerprint density at radius 1 is 1.25 bits per heavy atom. The molecule has 0 bridgehead atoms. The highest BCUT2D eigenvalue weighted by molar-refractivity contribution is 5.75. The van der Waals surface area contributed by atoms with E-state index < -0.39 is 17.4 Å². The third-order valence-corrected chi connectivity index (χ3v) is 3.44. The number of H-pyrrole nitrogens is 1. The molecule has 0 saturated heterocycles. The van der Waals surface area contributed by atoms with E-state index in [0.717, 1.165) is 12.1 Å². The molecule has 6 nitrogen and oxygen atoms in total. The minimum absolute atomic E-state index is 0.0221. The van der Waals surface area contributed by atoms with Crippen LogP contribution in [-0.2, 0) is 0 Å². The lowest BCUT2D eigenvalue weighted by Gasteiger charge is -2.06. The van der Waals surface area contributed by atoms with Crippen LogP contribution >= 0.6 is 0 Å². The minimum atomic E-state index is -1.07. The van der Waals surface area contributed by atoms with E-state index in [1.54, 1.807) is 4.68 Å². The summed E-state index contributed by atoms with van der Waals surface area (Å²) in [5.41, 5.74) is 0.258. The van der Waals surface area contributed by atoms with Gasteiger partial charge in [0.05, 0.1) is 6.20 Å². The van der Waals surface area contributed by atoms with E-state index in [9.17, 15) is 13.6 Å². The number of aromatic hydroxyl groups is 1. The number of phenolic OH excluding ortho intramolecular Hbond substituents is 1. The molecule has 0 aliphatic carbocycles. The first-order valence-electron chi connectivity index (χ1n) is 7.20. The fourth-order valence-electron chi connectivity index (χ4n) is 2.27. The van der Waals surface area contributed by atoms with Crippen LogP contribution in [0.4, 0.5) is 8.78 Å². The smallest absolute Gasteiger partial charge is 0.262 e. The lowest BCUT2D eigenvalue weighted by Crippen LogP contribution is -2.11. The third-order valence-electron chi connectivity index (χ3n) is 3.44. The van der Waals surface area contributed by atoms with Crippen molar-refractivity contribution in [3.63, 3.8) is 0 Å². The molecule has 8 heteroatoms. The van der Waals surface area contributed by atoms with Gasteiger partial charge in [-0.05, 0) is 37.6 Å². The van der Waals surface area contributed by atoms with Crippen molar-refractivity contribution in [3.8, 4) is 5.75 Å². The van der Waals surface area contributed by atoms with Crippen LogP contribution in [0.5, 0.6) is 5.75 Å². The maximum atomic E-state index is 13.3. The number of rotatable bonds is 3. The predicted molar refractivity (Wildman–Crippen MR) is 85.5 cm³/mol. The van der Waals surface area contributed by atoms with Gasteiger partial charge in [-0.25, -0.2) is 18.4 Å². The molecule has 0 aliphatic heterocycles. The van der Waals surface area contributed by atoms with Gasteiger partial charge in [0.1, 0.15) is 11.2 Å². The first kappa shape index (κ1) is 15.9. The molecule has 0 atom stereocenters. The zero-order chi connectivity index (χ0) is 17.4. The van der Waals surface area contributed by atoms with E-state index in [2.05, 4.69) is 15.1 Å². The molecule has 0 saturated carbocycles. The second-order valence-electron chi connectivity index (χ2n) is 5.54. The zero-order valence-corrected chi connectivity index (χ0v) is 12.9. The Balaban J connectivity index is 2.04. The molecule has 0 fully saturated rings. The molecule has 1 aromatic carbocycles. The van der Waals surface area contributed by atoms with Crippen molar-refractivity contribution in [1.29, 1.82) is 0 Å². The molecule has 24 heavy (non-hydrogen) atoms. The molecule has 0 aliphatic rings. The van der Waals surface area contributed by atoms with Gasteiger partial charge in [-0.3, -0.25) is 4.79 Å². The Morgan fingerprint density at radius 2 is 1.92 bits per heavy atom. The summed E-state index contributed by atoms with van der Waals surface area (Å²) < 4.78 is 28.3. The largest absolute Gasteiger partial charge is 0.503 e. The Kier molecular flexibility index (Phi) is 3.88. The van der Waals surface area contributed by atoms with Gasteiger partial charge in [0.15, 0.2) is 23.0 Å². The number of nitrogens with one attached hydrogen (secondary N) is 1. The number of aromatic nitrogens is 4. The number of phenols is 1. The van der Waals surface area contributed by atoms with Crippen molar-refractivity contribution in [2.24, 2.45) is 0 Å². The third kappa shape index (κ3) is 2.78. The van der Waals surface area contributed by atoms with Crippen LogP contribution in [0.1, 0.15) is 31.3 Å². The fraction of sp³-hybridized carbons (Fsp3) is 0.188. The first-order chi connectivity index (χ1) is 11.4. The standard InChI is InChI=1S/C16H14F2N4O2/c1-8(2)22-15-10(7-19-22)16(24)21-13(20-15)4-3-9-5-11(17)14(23)12(18)6-9/h3-8,23H,1-2H3,(H,20,21,24). The average Bonchev–Trinajstić information content (AvgIpc) is 2.95. The summed E-state index contributed by atoms with van der Waals surface area (Å²) in [6.07, 6.45) is 4.24. The maximum absolute atomic E-state index is 13.3. The van der Waals surface area contributed by atoms with E-state index in [-0.39, 0.29) is 23.0 Å². The van der Waals surface area contributed by atoms with E-state index in [1.165, 1.54) is 18.3 Å². The molecule has 2 heterocycles. The molecule has 0 spiro atoms. The number of halogens is 2. The summed E-state index contributed by atoms with van der Waals surface area (Å²) >= 11 is 0. The summed E-state index contributed by atoms with van der Waals surface area (Å²) in [6.45, 7) is 3.82. The summed E-state index contributed by atoms with van der Waals surface area (Å²) in [5.74, 6) is -2.93. The Bertz CT molecular complexity index is 982. The van der Waals surface area contributed by atoms with Crippen LogP contribution in [0.2, 0.25) is 0 Å². The SMILES string of the molecule is CC(C)n1ncc2c(=O)[nH]c(C=Cc3cc(F)c(O)c(F)c3)nc21. The van der Waals surface area contributed by atoms with Gasteiger partial charge in [0.25, 0.3) is 5.56 Å². The molecular formula is C16H14F2N4O2. The van der Waals surface area contributed by atoms with E-state index in [4.69, 9.17) is 5.11 Å². The van der Waals surface area contributed by atoms with Gasteiger partial charge in [-0.1, -0.05) is 6.08 Å². The van der Waals surface area contributed by atoms with Crippen LogP contribution in [0.15, 0.2) is 23.1 Å². The number of benzene rings is 1. The second kappa shape index (κ2) is 5.88. The molecule has 124 valence electrons. The van der Waals surface area contributed by atoms with Gasteiger partial charge in [0, 0.05) is 6.04 Å². The molecular weight excluding hydrogens is 318 g/mol. The average molecular weight is 332 g/mol. The quantitative estimate of drug-likeness (QED) is 0.772. The van der Waals surface area contributed by atoms with Crippen molar-refractivity contribution >= 4 is 23.2 Å². The zero-order valence-electron chi connectivity index (χ0n) is 12.9. The van der Waals surface area contributed by atoms with E-state index >= 15 is 0 Å². The topological polar surface area (TPSA) is 83.8 Å². The molecule has 2 aromatic heterocycles. The van der Waals surface area contributed by atoms with Crippen molar-refractivity contribution in [3.05, 3.63) is 51.7 Å². The maximum Gasteiger partial charge on any atom is 0.262 e. The Hall–Kier alpha value is -3.03. The van der Waals surface area contributed by atoms with Gasteiger partial charge < -0.3 is 10.1 Å². The molecule has 0 unspecified atom stereocenters. The van der Waals surface area contributed by atoms with Crippen LogP contribution in [-0.4, -0.2) is 24.9 Å². The molecule has 0 radical (unpaired) electrons. The van der Waals surface area contributed by atoms with Gasteiger partial charge in [-0.15, -0.1) is 0 Å². The van der Waals surface area contributed by atoms with Crippen LogP contribution in [0.3, 0.4) is 0 Å². The number of hydrogen-bond acceptors (Lipinski definition) is 4. The van der Waals surface area contributed by atoms with Gasteiger partial charge in [0.2, 0.25) is 0 Å². The number of nitrogens with zero attached hydrogens (tertiary/aromatic N) is 3. The normalized spacial score (nSPS) is 11.9. The fourth-order valence-corrected chi connectivity index (χ4v) is 2.27. The van der Waals surface area contributed by atoms with Crippen molar-refractivity contribution in [1.82, 2.24) is 19.7 Å². The Labute approximate surface area is 135 Å². The lowest BCUT2D eigenvalue weighted by molar-refractivity contribution is 0.396.